The Balaban J connectivity index is 2.09. The summed E-state index contributed by atoms with van der Waals surface area (Å²) in [4.78, 5) is 26.7. The van der Waals surface area contributed by atoms with Crippen molar-refractivity contribution >= 4 is 56.8 Å². The number of amides is 2. The smallest absolute Gasteiger partial charge is 0.270 e. The van der Waals surface area contributed by atoms with Crippen molar-refractivity contribution in [3.63, 3.8) is 0 Å². The summed E-state index contributed by atoms with van der Waals surface area (Å²) in [5.41, 5.74) is 3.56. The van der Waals surface area contributed by atoms with Crippen molar-refractivity contribution in [2.75, 3.05) is 4.90 Å². The summed E-state index contributed by atoms with van der Waals surface area (Å²) >= 11 is 8.57. The minimum Gasteiger partial charge on any atom is -0.507 e. The van der Waals surface area contributed by atoms with Gasteiger partial charge in [0.15, 0.2) is 5.11 Å². The number of carbonyl (C=O) groups is 2. The molecule has 5 nitrogen and oxygen atoms in total. The van der Waals surface area contributed by atoms with Gasteiger partial charge in [-0.15, -0.1) is 0 Å². The van der Waals surface area contributed by atoms with Crippen LogP contribution in [0.1, 0.15) is 22.3 Å². The molecule has 0 aliphatic carbocycles. The van der Waals surface area contributed by atoms with Crippen LogP contribution in [-0.2, 0) is 9.59 Å². The zero-order chi connectivity index (χ0) is 19.9. The van der Waals surface area contributed by atoms with E-state index in [9.17, 15) is 14.7 Å². The van der Waals surface area contributed by atoms with E-state index >= 15 is 0 Å². The highest BCUT2D eigenvalue weighted by atomic mass is 79.9. The fourth-order valence-electron chi connectivity index (χ4n) is 2.78. The summed E-state index contributed by atoms with van der Waals surface area (Å²) in [6, 6.07) is 8.90. The number of rotatable bonds is 2. The quantitative estimate of drug-likeness (QED) is 0.418. The Morgan fingerprint density at radius 3 is 2.44 bits per heavy atom. The number of aryl methyl sites for hydroxylation is 3. The first-order valence-corrected chi connectivity index (χ1v) is 9.37. The normalized spacial score (nSPS) is 16.1. The van der Waals surface area contributed by atoms with E-state index < -0.39 is 11.8 Å². The maximum atomic E-state index is 13.0. The highest BCUT2D eigenvalue weighted by Crippen LogP contribution is 2.30. The Bertz CT molecular complexity index is 1030. The first kappa shape index (κ1) is 19.3. The number of hydrogen-bond acceptors (Lipinski definition) is 4. The van der Waals surface area contributed by atoms with E-state index in [1.807, 2.05) is 26.0 Å². The average Bonchev–Trinajstić information content (AvgIpc) is 2.58. The standard InChI is InChI=1S/C20H17BrN2O3S/c1-10-4-5-15(7-11(10)2)23-19(26)16(18(25)22-20(23)27)9-13-8-14(21)6-12(3)17(13)24/h4-9,24H,1-3H3,(H,22,25,27). The summed E-state index contributed by atoms with van der Waals surface area (Å²) < 4.78 is 0.731. The average molecular weight is 445 g/mol. The zero-order valence-corrected chi connectivity index (χ0v) is 17.4. The predicted octanol–water partition coefficient (Wildman–Crippen LogP) is 3.91. The lowest BCUT2D eigenvalue weighted by atomic mass is 10.0. The molecule has 0 unspecified atom stereocenters. The summed E-state index contributed by atoms with van der Waals surface area (Å²) in [6.45, 7) is 5.65. The lowest BCUT2D eigenvalue weighted by Crippen LogP contribution is -2.54. The van der Waals surface area contributed by atoms with Crippen molar-refractivity contribution in [1.29, 1.82) is 0 Å². The van der Waals surface area contributed by atoms with Crippen LogP contribution in [-0.4, -0.2) is 22.0 Å². The fraction of sp³-hybridized carbons (Fsp3) is 0.150. The molecular formula is C20H17BrN2O3S. The lowest BCUT2D eigenvalue weighted by Gasteiger charge is -2.29. The molecule has 1 saturated heterocycles. The number of carbonyl (C=O) groups excluding carboxylic acids is 2. The maximum absolute atomic E-state index is 13.0. The first-order chi connectivity index (χ1) is 12.7. The summed E-state index contributed by atoms with van der Waals surface area (Å²) in [5, 5.41) is 12.9. The molecule has 2 aromatic carbocycles. The minimum absolute atomic E-state index is 0.0113. The number of nitrogens with zero attached hydrogens (tertiary/aromatic N) is 1. The second kappa shape index (κ2) is 7.25. The van der Waals surface area contributed by atoms with Gasteiger partial charge in [-0.1, -0.05) is 22.0 Å². The van der Waals surface area contributed by atoms with Gasteiger partial charge in [-0.3, -0.25) is 19.8 Å². The van der Waals surface area contributed by atoms with Crippen LogP contribution in [0.2, 0.25) is 0 Å². The number of nitrogens with one attached hydrogen (secondary N) is 1. The van der Waals surface area contributed by atoms with Gasteiger partial charge in [-0.25, -0.2) is 0 Å². The second-order valence-corrected chi connectivity index (χ2v) is 7.69. The number of hydrogen-bond donors (Lipinski definition) is 2. The zero-order valence-electron chi connectivity index (χ0n) is 15.0. The topological polar surface area (TPSA) is 69.6 Å². The van der Waals surface area contributed by atoms with E-state index in [0.29, 0.717) is 16.8 Å². The number of halogens is 1. The van der Waals surface area contributed by atoms with Crippen LogP contribution in [0.3, 0.4) is 0 Å². The van der Waals surface area contributed by atoms with E-state index in [-0.39, 0.29) is 16.4 Å². The molecule has 0 aromatic heterocycles. The molecule has 2 amide bonds. The van der Waals surface area contributed by atoms with Crippen LogP contribution in [0, 0.1) is 20.8 Å². The first-order valence-electron chi connectivity index (χ1n) is 8.17. The Kier molecular flexibility index (Phi) is 5.17. The van der Waals surface area contributed by atoms with Crippen molar-refractivity contribution in [3.05, 3.63) is 62.6 Å². The number of thiocarbonyl (C=S) groups is 1. The number of anilines is 1. The summed E-state index contributed by atoms with van der Waals surface area (Å²) in [6.07, 6.45) is 1.38. The largest absolute Gasteiger partial charge is 0.507 e. The summed E-state index contributed by atoms with van der Waals surface area (Å²) in [7, 11) is 0. The molecule has 1 aliphatic rings. The van der Waals surface area contributed by atoms with E-state index in [4.69, 9.17) is 12.2 Å². The van der Waals surface area contributed by atoms with Crippen molar-refractivity contribution in [2.24, 2.45) is 0 Å². The molecule has 0 bridgehead atoms. The van der Waals surface area contributed by atoms with Crippen LogP contribution in [0.25, 0.3) is 6.08 Å². The van der Waals surface area contributed by atoms with Gasteiger partial charge in [0.25, 0.3) is 11.8 Å². The SMILES string of the molecule is Cc1ccc(N2C(=O)C(=Cc3cc(Br)cc(C)c3O)C(=O)NC2=S)cc1C. The van der Waals surface area contributed by atoms with Crippen LogP contribution in [0.5, 0.6) is 5.75 Å². The van der Waals surface area contributed by atoms with E-state index in [0.717, 1.165) is 15.6 Å². The minimum atomic E-state index is -0.595. The molecule has 0 atom stereocenters. The molecule has 1 fully saturated rings. The number of phenolic OH excluding ortho intramolecular Hbond substituents is 1. The Morgan fingerprint density at radius 1 is 1.07 bits per heavy atom. The molecule has 138 valence electrons. The lowest BCUT2D eigenvalue weighted by molar-refractivity contribution is -0.122. The molecule has 0 saturated carbocycles. The molecule has 2 aromatic rings. The maximum Gasteiger partial charge on any atom is 0.270 e. The van der Waals surface area contributed by atoms with Crippen molar-refractivity contribution in [1.82, 2.24) is 5.32 Å². The Hall–Kier alpha value is -2.51. The highest BCUT2D eigenvalue weighted by Gasteiger charge is 2.34. The number of benzene rings is 2. The molecule has 1 heterocycles. The van der Waals surface area contributed by atoms with E-state index in [1.165, 1.54) is 11.0 Å². The van der Waals surface area contributed by atoms with Crippen molar-refractivity contribution < 1.29 is 14.7 Å². The van der Waals surface area contributed by atoms with Gasteiger partial charge in [-0.05, 0) is 80.0 Å². The molecular weight excluding hydrogens is 428 g/mol. The molecule has 1 aliphatic heterocycles. The third-order valence-electron chi connectivity index (χ3n) is 4.44. The van der Waals surface area contributed by atoms with Gasteiger partial charge in [-0.2, -0.15) is 0 Å². The van der Waals surface area contributed by atoms with Crippen molar-refractivity contribution in [3.8, 4) is 5.75 Å². The third-order valence-corrected chi connectivity index (χ3v) is 5.19. The molecule has 0 radical (unpaired) electrons. The number of phenols is 1. The van der Waals surface area contributed by atoms with Gasteiger partial charge in [0, 0.05) is 10.0 Å². The third kappa shape index (κ3) is 3.65. The Labute approximate surface area is 170 Å². The van der Waals surface area contributed by atoms with Gasteiger partial charge < -0.3 is 5.11 Å². The molecule has 27 heavy (non-hydrogen) atoms. The predicted molar refractivity (Wildman–Crippen MR) is 113 cm³/mol. The molecule has 3 rings (SSSR count). The fourth-order valence-corrected chi connectivity index (χ4v) is 3.65. The van der Waals surface area contributed by atoms with Gasteiger partial charge in [0.1, 0.15) is 11.3 Å². The van der Waals surface area contributed by atoms with Gasteiger partial charge in [0.2, 0.25) is 0 Å². The molecule has 7 heteroatoms. The monoisotopic (exact) mass is 444 g/mol. The number of aromatic hydroxyl groups is 1. The van der Waals surface area contributed by atoms with E-state index in [2.05, 4.69) is 21.2 Å². The van der Waals surface area contributed by atoms with E-state index in [1.54, 1.807) is 25.1 Å². The molecule has 0 spiro atoms. The van der Waals surface area contributed by atoms with Crippen LogP contribution in [0.4, 0.5) is 5.69 Å². The Morgan fingerprint density at radius 2 is 1.78 bits per heavy atom. The van der Waals surface area contributed by atoms with Crippen molar-refractivity contribution in [2.45, 2.75) is 20.8 Å². The summed E-state index contributed by atoms with van der Waals surface area (Å²) in [5.74, 6) is -1.12. The van der Waals surface area contributed by atoms with Gasteiger partial charge >= 0.3 is 0 Å². The van der Waals surface area contributed by atoms with Crippen LogP contribution >= 0.6 is 28.1 Å². The molecule has 2 N–H and O–H groups in total. The van der Waals surface area contributed by atoms with Gasteiger partial charge in [0.05, 0.1) is 5.69 Å². The highest BCUT2D eigenvalue weighted by molar-refractivity contribution is 9.10. The van der Waals surface area contributed by atoms with Crippen LogP contribution in [0.15, 0.2) is 40.4 Å². The second-order valence-electron chi connectivity index (χ2n) is 6.39. The van der Waals surface area contributed by atoms with Crippen LogP contribution < -0.4 is 10.2 Å².